The first-order chi connectivity index (χ1) is 9.99. The average Bonchev–Trinajstić information content (AvgIpc) is 2.95. The van der Waals surface area contributed by atoms with Crippen molar-refractivity contribution in [3.63, 3.8) is 0 Å². The number of amides is 1. The Morgan fingerprint density at radius 1 is 1.43 bits per heavy atom. The minimum atomic E-state index is -0.520. The summed E-state index contributed by atoms with van der Waals surface area (Å²) in [6.07, 6.45) is 0. The lowest BCUT2D eigenvalue weighted by Crippen LogP contribution is -2.34. The molecule has 0 bridgehead atoms. The Balaban J connectivity index is 2.07. The SMILES string of the molecule is CN(C)[C@H](CNC(=O)c1cc(Br)ccc1F)c1cccs1. The fourth-order valence-corrected chi connectivity index (χ4v) is 3.26. The number of thiophene rings is 1. The van der Waals surface area contributed by atoms with Crippen molar-refractivity contribution in [2.45, 2.75) is 6.04 Å². The van der Waals surface area contributed by atoms with Crippen molar-refractivity contribution in [2.24, 2.45) is 0 Å². The lowest BCUT2D eigenvalue weighted by molar-refractivity contribution is 0.0938. The molecule has 112 valence electrons. The van der Waals surface area contributed by atoms with Crippen LogP contribution in [0.5, 0.6) is 0 Å². The molecule has 2 aromatic rings. The number of halogens is 2. The van der Waals surface area contributed by atoms with Gasteiger partial charge in [0, 0.05) is 15.9 Å². The maximum Gasteiger partial charge on any atom is 0.254 e. The van der Waals surface area contributed by atoms with Gasteiger partial charge in [-0.3, -0.25) is 4.79 Å². The summed E-state index contributed by atoms with van der Waals surface area (Å²) in [4.78, 5) is 15.3. The molecule has 0 aliphatic heterocycles. The molecule has 21 heavy (non-hydrogen) atoms. The van der Waals surface area contributed by atoms with Gasteiger partial charge in [-0.1, -0.05) is 22.0 Å². The summed E-state index contributed by atoms with van der Waals surface area (Å²) in [6, 6.07) is 8.42. The van der Waals surface area contributed by atoms with E-state index in [4.69, 9.17) is 0 Å². The topological polar surface area (TPSA) is 32.3 Å². The van der Waals surface area contributed by atoms with Crippen molar-refractivity contribution in [3.05, 3.63) is 56.4 Å². The van der Waals surface area contributed by atoms with E-state index in [1.807, 2.05) is 36.5 Å². The predicted octanol–water partition coefficient (Wildman–Crippen LogP) is 3.68. The fourth-order valence-electron chi connectivity index (χ4n) is 1.97. The Morgan fingerprint density at radius 2 is 2.19 bits per heavy atom. The van der Waals surface area contributed by atoms with Crippen LogP contribution in [0.25, 0.3) is 0 Å². The number of hydrogen-bond acceptors (Lipinski definition) is 3. The van der Waals surface area contributed by atoms with Crippen LogP contribution in [-0.4, -0.2) is 31.4 Å². The molecule has 1 aromatic carbocycles. The minimum Gasteiger partial charge on any atom is -0.350 e. The van der Waals surface area contributed by atoms with Crippen LogP contribution in [-0.2, 0) is 0 Å². The van der Waals surface area contributed by atoms with E-state index < -0.39 is 11.7 Å². The first-order valence-corrected chi connectivity index (χ1v) is 8.09. The summed E-state index contributed by atoms with van der Waals surface area (Å²) < 4.78 is 14.4. The molecule has 0 aliphatic carbocycles. The molecule has 1 N–H and O–H groups in total. The molecule has 1 amide bonds. The molecular weight excluding hydrogens is 355 g/mol. The first-order valence-electron chi connectivity index (χ1n) is 6.42. The second kappa shape index (κ2) is 7.15. The Kier molecular flexibility index (Phi) is 5.50. The Hall–Kier alpha value is -1.24. The van der Waals surface area contributed by atoms with E-state index in [1.165, 1.54) is 12.1 Å². The fraction of sp³-hybridized carbons (Fsp3) is 0.267. The highest BCUT2D eigenvalue weighted by molar-refractivity contribution is 9.10. The third kappa shape index (κ3) is 4.12. The summed E-state index contributed by atoms with van der Waals surface area (Å²) in [5, 5.41) is 4.80. The van der Waals surface area contributed by atoms with Crippen LogP contribution in [0.1, 0.15) is 21.3 Å². The van der Waals surface area contributed by atoms with Crippen LogP contribution in [0.4, 0.5) is 4.39 Å². The number of nitrogens with zero attached hydrogens (tertiary/aromatic N) is 1. The molecule has 1 atom stereocenters. The molecule has 2 rings (SSSR count). The van der Waals surface area contributed by atoms with Gasteiger partial charge in [0.05, 0.1) is 11.6 Å². The van der Waals surface area contributed by atoms with E-state index in [-0.39, 0.29) is 11.6 Å². The van der Waals surface area contributed by atoms with Crippen LogP contribution in [0, 0.1) is 5.82 Å². The van der Waals surface area contributed by atoms with Gasteiger partial charge in [0.25, 0.3) is 5.91 Å². The second-order valence-electron chi connectivity index (χ2n) is 4.83. The molecule has 0 saturated heterocycles. The zero-order valence-corrected chi connectivity index (χ0v) is 14.2. The smallest absolute Gasteiger partial charge is 0.254 e. The number of rotatable bonds is 5. The van der Waals surface area contributed by atoms with E-state index >= 15 is 0 Å². The van der Waals surface area contributed by atoms with Crippen LogP contribution in [0.3, 0.4) is 0 Å². The Labute approximate surface area is 135 Å². The quantitative estimate of drug-likeness (QED) is 0.870. The third-order valence-electron chi connectivity index (χ3n) is 3.12. The minimum absolute atomic E-state index is 0.0491. The van der Waals surface area contributed by atoms with Gasteiger partial charge in [-0.05, 0) is 43.7 Å². The Bertz CT molecular complexity index is 616. The summed E-state index contributed by atoms with van der Waals surface area (Å²) in [7, 11) is 3.91. The number of benzene rings is 1. The summed E-state index contributed by atoms with van der Waals surface area (Å²) in [6.45, 7) is 0.429. The molecule has 0 saturated carbocycles. The van der Waals surface area contributed by atoms with Gasteiger partial charge >= 0.3 is 0 Å². The average molecular weight is 371 g/mol. The monoisotopic (exact) mass is 370 g/mol. The lowest BCUT2D eigenvalue weighted by atomic mass is 10.1. The summed E-state index contributed by atoms with van der Waals surface area (Å²) in [5.41, 5.74) is 0.0491. The van der Waals surface area contributed by atoms with Crippen LogP contribution in [0.2, 0.25) is 0 Å². The Morgan fingerprint density at radius 3 is 2.81 bits per heavy atom. The number of carbonyl (C=O) groups excluding carboxylic acids is 1. The van der Waals surface area contributed by atoms with Crippen molar-refractivity contribution in [1.82, 2.24) is 10.2 Å². The molecule has 0 unspecified atom stereocenters. The van der Waals surface area contributed by atoms with Crippen LogP contribution < -0.4 is 5.32 Å². The summed E-state index contributed by atoms with van der Waals surface area (Å²) >= 11 is 4.88. The van der Waals surface area contributed by atoms with Gasteiger partial charge in [-0.15, -0.1) is 11.3 Å². The first kappa shape index (κ1) is 16.1. The maximum absolute atomic E-state index is 13.7. The predicted molar refractivity (Wildman–Crippen MR) is 87.2 cm³/mol. The van der Waals surface area contributed by atoms with E-state index in [2.05, 4.69) is 21.2 Å². The molecule has 0 radical (unpaired) electrons. The van der Waals surface area contributed by atoms with Crippen molar-refractivity contribution in [1.29, 1.82) is 0 Å². The lowest BCUT2D eigenvalue weighted by Gasteiger charge is -2.23. The highest BCUT2D eigenvalue weighted by Gasteiger charge is 2.18. The van der Waals surface area contributed by atoms with Crippen LogP contribution >= 0.6 is 27.3 Å². The molecule has 0 aliphatic rings. The zero-order chi connectivity index (χ0) is 15.4. The van der Waals surface area contributed by atoms with Gasteiger partial charge in [-0.2, -0.15) is 0 Å². The largest absolute Gasteiger partial charge is 0.350 e. The van der Waals surface area contributed by atoms with Gasteiger partial charge < -0.3 is 10.2 Å². The molecule has 0 spiro atoms. The number of nitrogens with one attached hydrogen (secondary N) is 1. The standard InChI is InChI=1S/C15H16BrFN2OS/c1-19(2)13(14-4-3-7-21-14)9-18-15(20)11-8-10(16)5-6-12(11)17/h3-8,13H,9H2,1-2H3,(H,18,20)/t13-/m1/s1. The molecule has 3 nitrogen and oxygen atoms in total. The zero-order valence-electron chi connectivity index (χ0n) is 11.8. The highest BCUT2D eigenvalue weighted by Crippen LogP contribution is 2.22. The summed E-state index contributed by atoms with van der Waals surface area (Å²) in [5.74, 6) is -0.926. The number of hydrogen-bond donors (Lipinski definition) is 1. The van der Waals surface area contributed by atoms with Crippen molar-refractivity contribution in [2.75, 3.05) is 20.6 Å². The second-order valence-corrected chi connectivity index (χ2v) is 6.72. The molecule has 1 aromatic heterocycles. The van der Waals surface area contributed by atoms with Crippen molar-refractivity contribution in [3.8, 4) is 0 Å². The van der Waals surface area contributed by atoms with E-state index in [0.717, 1.165) is 4.88 Å². The van der Waals surface area contributed by atoms with E-state index in [0.29, 0.717) is 11.0 Å². The van der Waals surface area contributed by atoms with Gasteiger partial charge in [-0.25, -0.2) is 4.39 Å². The molecule has 0 fully saturated rings. The van der Waals surface area contributed by atoms with E-state index in [9.17, 15) is 9.18 Å². The van der Waals surface area contributed by atoms with Gasteiger partial charge in [0.2, 0.25) is 0 Å². The number of likely N-dealkylation sites (N-methyl/N-ethyl adjacent to an activating group) is 1. The molecule has 6 heteroatoms. The maximum atomic E-state index is 13.7. The van der Waals surface area contributed by atoms with Gasteiger partial charge in [0.15, 0.2) is 0 Å². The van der Waals surface area contributed by atoms with E-state index in [1.54, 1.807) is 17.4 Å². The molecule has 1 heterocycles. The van der Waals surface area contributed by atoms with Crippen molar-refractivity contribution >= 4 is 33.2 Å². The van der Waals surface area contributed by atoms with Crippen LogP contribution in [0.15, 0.2) is 40.2 Å². The normalized spacial score (nSPS) is 12.4. The highest BCUT2D eigenvalue weighted by atomic mass is 79.9. The molecular formula is C15H16BrFN2OS. The van der Waals surface area contributed by atoms with Gasteiger partial charge in [0.1, 0.15) is 5.82 Å². The van der Waals surface area contributed by atoms with Crippen molar-refractivity contribution < 1.29 is 9.18 Å². The third-order valence-corrected chi connectivity index (χ3v) is 4.59. The number of carbonyl (C=O) groups is 1.